The topological polar surface area (TPSA) is 98.7 Å². The van der Waals surface area contributed by atoms with Crippen LogP contribution in [0.3, 0.4) is 0 Å². The number of likely N-dealkylation sites (tertiary alicyclic amines) is 1. The van der Waals surface area contributed by atoms with Crippen molar-refractivity contribution in [1.82, 2.24) is 15.5 Å². The van der Waals surface area contributed by atoms with Gasteiger partial charge in [0.15, 0.2) is 0 Å². The van der Waals surface area contributed by atoms with Crippen molar-refractivity contribution < 1.29 is 19.5 Å². The lowest BCUT2D eigenvalue weighted by molar-refractivity contribution is -0.138. The van der Waals surface area contributed by atoms with Crippen molar-refractivity contribution >= 4 is 17.8 Å². The van der Waals surface area contributed by atoms with Gasteiger partial charge in [-0.1, -0.05) is 36.4 Å². The standard InChI is InChI=1S/C25H35N3O4/c29-23(11-9-20-12-14-26-15-13-20)28-16-4-7-21(18-28)25(32)27-22(17-24(30)31)10-8-19-5-2-1-3-6-19/h1-3,5-6,9,11,20-22,26H,4,7-8,10,12-18H2,(H,27,32)(H,30,31)/b11-9+/t21-,22?/m1/s1. The van der Waals surface area contributed by atoms with Crippen LogP contribution >= 0.6 is 0 Å². The molecular formula is C25H35N3O4. The molecule has 7 heteroatoms. The monoisotopic (exact) mass is 441 g/mol. The Balaban J connectivity index is 1.51. The van der Waals surface area contributed by atoms with Crippen LogP contribution in [-0.4, -0.2) is 60.0 Å². The summed E-state index contributed by atoms with van der Waals surface area (Å²) >= 11 is 0. The van der Waals surface area contributed by atoms with Crippen LogP contribution in [-0.2, 0) is 20.8 Å². The van der Waals surface area contributed by atoms with Gasteiger partial charge in [0.1, 0.15) is 0 Å². The fourth-order valence-electron chi connectivity index (χ4n) is 4.49. The lowest BCUT2D eigenvalue weighted by atomic mass is 9.95. The van der Waals surface area contributed by atoms with Gasteiger partial charge in [-0.15, -0.1) is 0 Å². The van der Waals surface area contributed by atoms with E-state index in [1.54, 1.807) is 11.0 Å². The molecule has 2 saturated heterocycles. The Kier molecular flexibility index (Phi) is 9.28. The molecule has 0 radical (unpaired) electrons. The highest BCUT2D eigenvalue weighted by atomic mass is 16.4. The molecule has 0 aliphatic carbocycles. The van der Waals surface area contributed by atoms with Crippen molar-refractivity contribution in [3.63, 3.8) is 0 Å². The van der Waals surface area contributed by atoms with Gasteiger partial charge in [0.25, 0.3) is 0 Å². The third kappa shape index (κ3) is 7.79. The van der Waals surface area contributed by atoms with Gasteiger partial charge in [-0.05, 0) is 69.2 Å². The Morgan fingerprint density at radius 3 is 2.62 bits per heavy atom. The Morgan fingerprint density at radius 1 is 1.16 bits per heavy atom. The number of carbonyl (C=O) groups excluding carboxylic acids is 2. The van der Waals surface area contributed by atoms with Gasteiger partial charge in [-0.2, -0.15) is 0 Å². The molecule has 1 unspecified atom stereocenters. The summed E-state index contributed by atoms with van der Waals surface area (Å²) < 4.78 is 0. The van der Waals surface area contributed by atoms with Crippen molar-refractivity contribution in [2.24, 2.45) is 11.8 Å². The van der Waals surface area contributed by atoms with Crippen LogP contribution < -0.4 is 10.6 Å². The zero-order valence-electron chi connectivity index (χ0n) is 18.7. The number of aliphatic carboxylic acids is 1. The lowest BCUT2D eigenvalue weighted by Crippen LogP contribution is -2.47. The largest absolute Gasteiger partial charge is 0.481 e. The minimum Gasteiger partial charge on any atom is -0.481 e. The average molecular weight is 442 g/mol. The predicted molar refractivity (Wildman–Crippen MR) is 123 cm³/mol. The molecule has 2 aliphatic rings. The molecule has 2 aliphatic heterocycles. The molecule has 2 atom stereocenters. The van der Waals surface area contributed by atoms with E-state index >= 15 is 0 Å². The minimum atomic E-state index is -0.924. The summed E-state index contributed by atoms with van der Waals surface area (Å²) in [5.74, 6) is -0.971. The number of benzene rings is 1. The SMILES string of the molecule is O=C(O)CC(CCc1ccccc1)NC(=O)[C@@H]1CCCN(C(=O)/C=C/C2CCNCC2)C1. The zero-order valence-corrected chi connectivity index (χ0v) is 18.7. The second kappa shape index (κ2) is 12.4. The number of nitrogens with one attached hydrogen (secondary N) is 2. The van der Waals surface area contributed by atoms with E-state index in [0.29, 0.717) is 38.3 Å². The number of hydrogen-bond donors (Lipinski definition) is 3. The van der Waals surface area contributed by atoms with Crippen LogP contribution in [0.5, 0.6) is 0 Å². The summed E-state index contributed by atoms with van der Waals surface area (Å²) in [4.78, 5) is 38.6. The summed E-state index contributed by atoms with van der Waals surface area (Å²) in [7, 11) is 0. The lowest BCUT2D eigenvalue weighted by Gasteiger charge is -2.32. The molecule has 32 heavy (non-hydrogen) atoms. The number of piperidine rings is 2. The molecule has 3 rings (SSSR count). The summed E-state index contributed by atoms with van der Waals surface area (Å²) in [6.07, 6.45) is 8.43. The highest BCUT2D eigenvalue weighted by Crippen LogP contribution is 2.19. The molecule has 1 aromatic rings. The van der Waals surface area contributed by atoms with E-state index in [9.17, 15) is 19.5 Å². The molecule has 0 spiro atoms. The fourth-order valence-corrected chi connectivity index (χ4v) is 4.49. The van der Waals surface area contributed by atoms with Crippen LogP contribution in [0.1, 0.15) is 44.1 Å². The number of hydrogen-bond acceptors (Lipinski definition) is 4. The molecule has 2 heterocycles. The summed E-state index contributed by atoms with van der Waals surface area (Å²) in [6.45, 7) is 3.01. The van der Waals surface area contributed by atoms with E-state index in [1.165, 1.54) is 0 Å². The highest BCUT2D eigenvalue weighted by Gasteiger charge is 2.29. The first-order valence-electron chi connectivity index (χ1n) is 11.7. The molecule has 1 aromatic carbocycles. The van der Waals surface area contributed by atoms with Gasteiger partial charge in [0.2, 0.25) is 11.8 Å². The van der Waals surface area contributed by atoms with Gasteiger partial charge >= 0.3 is 5.97 Å². The average Bonchev–Trinajstić information content (AvgIpc) is 2.82. The number of carbonyl (C=O) groups is 3. The van der Waals surface area contributed by atoms with E-state index < -0.39 is 12.0 Å². The van der Waals surface area contributed by atoms with Crippen molar-refractivity contribution in [3.05, 3.63) is 48.0 Å². The first-order valence-corrected chi connectivity index (χ1v) is 11.7. The van der Waals surface area contributed by atoms with E-state index in [0.717, 1.165) is 37.9 Å². The maximum absolute atomic E-state index is 12.9. The van der Waals surface area contributed by atoms with Crippen LogP contribution in [0.25, 0.3) is 0 Å². The molecule has 174 valence electrons. The highest BCUT2D eigenvalue weighted by molar-refractivity contribution is 5.88. The van der Waals surface area contributed by atoms with Crippen LogP contribution in [0, 0.1) is 11.8 Å². The van der Waals surface area contributed by atoms with Gasteiger partial charge in [0.05, 0.1) is 12.3 Å². The number of carboxylic acids is 1. The smallest absolute Gasteiger partial charge is 0.305 e. The Labute approximate surface area is 190 Å². The first-order chi connectivity index (χ1) is 15.5. The second-order valence-corrected chi connectivity index (χ2v) is 8.90. The van der Waals surface area contributed by atoms with Crippen molar-refractivity contribution in [1.29, 1.82) is 0 Å². The second-order valence-electron chi connectivity index (χ2n) is 8.90. The van der Waals surface area contributed by atoms with Crippen LogP contribution in [0.15, 0.2) is 42.5 Å². The van der Waals surface area contributed by atoms with Crippen LogP contribution in [0.2, 0.25) is 0 Å². The number of nitrogens with zero attached hydrogens (tertiary/aromatic N) is 1. The molecule has 0 saturated carbocycles. The van der Waals surface area contributed by atoms with Gasteiger partial charge in [0, 0.05) is 19.1 Å². The molecule has 2 amide bonds. The fraction of sp³-hybridized carbons (Fsp3) is 0.560. The first kappa shape index (κ1) is 24.0. The molecular weight excluding hydrogens is 406 g/mol. The zero-order chi connectivity index (χ0) is 22.8. The van der Waals surface area contributed by atoms with Crippen LogP contribution in [0.4, 0.5) is 0 Å². The molecule has 0 aromatic heterocycles. The van der Waals surface area contributed by atoms with Gasteiger partial charge in [-0.3, -0.25) is 14.4 Å². The molecule has 7 nitrogen and oxygen atoms in total. The normalized spacial score (nSPS) is 20.8. The van der Waals surface area contributed by atoms with Crippen molar-refractivity contribution in [2.75, 3.05) is 26.2 Å². The Morgan fingerprint density at radius 2 is 1.91 bits per heavy atom. The Hall–Kier alpha value is -2.67. The number of carboxylic acid groups (broad SMARTS) is 1. The number of amides is 2. The van der Waals surface area contributed by atoms with E-state index in [-0.39, 0.29) is 24.2 Å². The van der Waals surface area contributed by atoms with E-state index in [1.807, 2.05) is 36.4 Å². The number of aryl methyl sites for hydroxylation is 1. The van der Waals surface area contributed by atoms with Crippen molar-refractivity contribution in [2.45, 2.75) is 51.0 Å². The molecule has 0 bridgehead atoms. The summed E-state index contributed by atoms with van der Waals surface area (Å²) in [6, 6.07) is 9.42. The number of rotatable bonds is 9. The third-order valence-corrected chi connectivity index (χ3v) is 6.39. The van der Waals surface area contributed by atoms with Crippen molar-refractivity contribution in [3.8, 4) is 0 Å². The van der Waals surface area contributed by atoms with Gasteiger partial charge in [-0.25, -0.2) is 0 Å². The maximum atomic E-state index is 12.9. The van der Waals surface area contributed by atoms with E-state index in [2.05, 4.69) is 10.6 Å². The minimum absolute atomic E-state index is 0.0350. The molecule has 3 N–H and O–H groups in total. The van der Waals surface area contributed by atoms with E-state index in [4.69, 9.17) is 0 Å². The third-order valence-electron chi connectivity index (χ3n) is 6.39. The predicted octanol–water partition coefficient (Wildman–Crippen LogP) is 2.37. The summed E-state index contributed by atoms with van der Waals surface area (Å²) in [5, 5.41) is 15.5. The maximum Gasteiger partial charge on any atom is 0.305 e. The summed E-state index contributed by atoms with van der Waals surface area (Å²) in [5.41, 5.74) is 1.12. The Bertz CT molecular complexity index is 790. The molecule has 2 fully saturated rings. The van der Waals surface area contributed by atoms with Gasteiger partial charge < -0.3 is 20.6 Å². The number of allylic oxidation sites excluding steroid dienone is 1. The quantitative estimate of drug-likeness (QED) is 0.511.